The van der Waals surface area contributed by atoms with Crippen molar-refractivity contribution in [3.8, 4) is 5.75 Å². The van der Waals surface area contributed by atoms with Crippen LogP contribution in [0.3, 0.4) is 0 Å². The molecule has 2 heterocycles. The molecule has 6 rings (SSSR count). The van der Waals surface area contributed by atoms with Crippen molar-refractivity contribution in [3.63, 3.8) is 0 Å². The maximum absolute atomic E-state index is 12.9. The van der Waals surface area contributed by atoms with Crippen LogP contribution in [0, 0.1) is 11.8 Å². The Labute approximate surface area is 242 Å². The standard InChI is InChI=1S/C33H41ClN2O4/c1-35-15-4-3-7-30(39-2)26-11-8-24(26)19-36-20-33(14-5-6-22-16-25(34)10-12-27(22)33)21-40-31-13-9-23(17-28(31)36)29(37)18-32(35)38/h3-4,9-10,12-13,16-17,24,26,29-30,37H,5-8,11,14-15,18-21H2,1-2H3/b4-3+/t24-,26+,29-,30-,33-/m0/s1. The summed E-state index contributed by atoms with van der Waals surface area (Å²) in [6.07, 6.45) is 9.91. The topological polar surface area (TPSA) is 62.2 Å². The number of nitrogens with zero attached hydrogens (tertiary/aromatic N) is 2. The van der Waals surface area contributed by atoms with Gasteiger partial charge in [-0.05, 0) is 91.3 Å². The van der Waals surface area contributed by atoms with E-state index in [1.165, 1.54) is 17.5 Å². The predicted molar refractivity (Wildman–Crippen MR) is 158 cm³/mol. The molecule has 2 aromatic carbocycles. The first-order chi connectivity index (χ1) is 19.4. The SMILES string of the molecule is CO[C@H]1C/C=C/CN(C)C(=O)C[C@H](O)c2ccc3c(c2)N(C[C@@H]2CC[C@H]21)C[C@@]1(CCCc2cc(Cl)ccc21)CO3. The van der Waals surface area contributed by atoms with Crippen LogP contribution in [0.1, 0.15) is 61.3 Å². The highest BCUT2D eigenvalue weighted by Crippen LogP contribution is 2.47. The number of methoxy groups -OCH3 is 1. The minimum Gasteiger partial charge on any atom is -0.490 e. The van der Waals surface area contributed by atoms with Crippen LogP contribution < -0.4 is 9.64 Å². The summed E-state index contributed by atoms with van der Waals surface area (Å²) in [5, 5.41) is 11.9. The van der Waals surface area contributed by atoms with Gasteiger partial charge in [-0.25, -0.2) is 0 Å². The van der Waals surface area contributed by atoms with E-state index in [-0.39, 0.29) is 23.8 Å². The van der Waals surface area contributed by atoms with Crippen molar-refractivity contribution < 1.29 is 19.4 Å². The van der Waals surface area contributed by atoms with E-state index in [1.807, 2.05) is 31.4 Å². The smallest absolute Gasteiger partial charge is 0.225 e. The van der Waals surface area contributed by atoms with Crippen molar-refractivity contribution in [2.24, 2.45) is 11.8 Å². The number of aliphatic hydroxyl groups excluding tert-OH is 1. The van der Waals surface area contributed by atoms with Gasteiger partial charge in [-0.1, -0.05) is 35.9 Å². The molecule has 0 unspecified atom stereocenters. The van der Waals surface area contributed by atoms with Gasteiger partial charge in [0.25, 0.3) is 0 Å². The normalized spacial score (nSPS) is 31.4. The Hall–Kier alpha value is -2.54. The molecule has 1 fully saturated rings. The van der Waals surface area contributed by atoms with Crippen molar-refractivity contribution in [1.29, 1.82) is 0 Å². The van der Waals surface area contributed by atoms with Gasteiger partial charge < -0.3 is 24.4 Å². The van der Waals surface area contributed by atoms with E-state index >= 15 is 0 Å². The van der Waals surface area contributed by atoms with Crippen LogP contribution in [0.15, 0.2) is 48.6 Å². The minimum atomic E-state index is -0.872. The van der Waals surface area contributed by atoms with E-state index in [0.717, 1.165) is 67.2 Å². The van der Waals surface area contributed by atoms with E-state index in [9.17, 15) is 9.90 Å². The number of rotatable bonds is 1. The molecule has 40 heavy (non-hydrogen) atoms. The van der Waals surface area contributed by atoms with Gasteiger partial charge in [0, 0.05) is 44.2 Å². The quantitative estimate of drug-likeness (QED) is 0.451. The monoisotopic (exact) mass is 564 g/mol. The first-order valence-corrected chi connectivity index (χ1v) is 15.1. The molecular weight excluding hydrogens is 524 g/mol. The minimum absolute atomic E-state index is 0.0491. The number of benzene rings is 2. The van der Waals surface area contributed by atoms with Crippen molar-refractivity contribution in [2.75, 3.05) is 45.3 Å². The molecule has 5 atom stereocenters. The molecule has 6 nitrogen and oxygen atoms in total. The second kappa shape index (κ2) is 11.4. The Morgan fingerprint density at radius 1 is 1.15 bits per heavy atom. The molecule has 1 amide bonds. The van der Waals surface area contributed by atoms with Gasteiger partial charge in [0.15, 0.2) is 0 Å². The predicted octanol–water partition coefficient (Wildman–Crippen LogP) is 5.70. The zero-order valence-electron chi connectivity index (χ0n) is 23.7. The third kappa shape index (κ3) is 5.26. The summed E-state index contributed by atoms with van der Waals surface area (Å²) in [4.78, 5) is 17.1. The number of aliphatic hydroxyl groups is 1. The van der Waals surface area contributed by atoms with Crippen molar-refractivity contribution in [1.82, 2.24) is 4.90 Å². The molecule has 0 aromatic heterocycles. The van der Waals surface area contributed by atoms with Gasteiger partial charge >= 0.3 is 0 Å². The molecule has 0 radical (unpaired) electrons. The summed E-state index contributed by atoms with van der Waals surface area (Å²) in [7, 11) is 3.61. The van der Waals surface area contributed by atoms with Crippen LogP contribution in [-0.2, 0) is 21.4 Å². The number of anilines is 1. The molecule has 1 saturated carbocycles. The highest BCUT2D eigenvalue weighted by Gasteiger charge is 2.44. The molecule has 1 spiro atoms. The lowest BCUT2D eigenvalue weighted by Gasteiger charge is -2.46. The maximum Gasteiger partial charge on any atom is 0.225 e. The number of amides is 1. The maximum atomic E-state index is 12.9. The second-order valence-corrected chi connectivity index (χ2v) is 12.7. The Kier molecular flexibility index (Phi) is 7.86. The molecule has 1 N–H and O–H groups in total. The summed E-state index contributed by atoms with van der Waals surface area (Å²) in [5.74, 6) is 1.77. The summed E-state index contributed by atoms with van der Waals surface area (Å²) in [6, 6.07) is 12.3. The van der Waals surface area contributed by atoms with Gasteiger partial charge in [-0.15, -0.1) is 0 Å². The average molecular weight is 565 g/mol. The van der Waals surface area contributed by atoms with Gasteiger partial charge in [0.05, 0.1) is 30.9 Å². The van der Waals surface area contributed by atoms with E-state index in [0.29, 0.717) is 25.0 Å². The number of carbonyl (C=O) groups excluding carboxylic acids is 1. The first-order valence-electron chi connectivity index (χ1n) is 14.8. The average Bonchev–Trinajstić information content (AvgIpc) is 3.08. The lowest BCUT2D eigenvalue weighted by molar-refractivity contribution is -0.131. The Bertz CT molecular complexity index is 1280. The summed E-state index contributed by atoms with van der Waals surface area (Å²) < 4.78 is 12.6. The van der Waals surface area contributed by atoms with E-state index in [2.05, 4.69) is 29.2 Å². The summed E-state index contributed by atoms with van der Waals surface area (Å²) in [5.41, 5.74) is 4.31. The summed E-state index contributed by atoms with van der Waals surface area (Å²) in [6.45, 7) is 2.89. The Morgan fingerprint density at radius 2 is 2.02 bits per heavy atom. The highest BCUT2D eigenvalue weighted by atomic mass is 35.5. The van der Waals surface area contributed by atoms with Crippen molar-refractivity contribution >= 4 is 23.2 Å². The number of likely N-dealkylation sites (N-methyl/N-ethyl adjacent to an activating group) is 1. The molecule has 2 aliphatic heterocycles. The van der Waals surface area contributed by atoms with Crippen LogP contribution in [0.25, 0.3) is 0 Å². The van der Waals surface area contributed by atoms with E-state index in [1.54, 1.807) is 11.9 Å². The first kappa shape index (κ1) is 27.6. The van der Waals surface area contributed by atoms with Gasteiger partial charge in [-0.3, -0.25) is 4.79 Å². The fourth-order valence-electron chi connectivity index (χ4n) is 7.38. The third-order valence-corrected chi connectivity index (χ3v) is 10.1. The zero-order valence-corrected chi connectivity index (χ0v) is 24.4. The molecule has 7 heteroatoms. The van der Waals surface area contributed by atoms with Gasteiger partial charge in [0.1, 0.15) is 5.75 Å². The Balaban J connectivity index is 1.40. The van der Waals surface area contributed by atoms with E-state index < -0.39 is 6.10 Å². The number of aryl methyl sites for hydroxylation is 1. The van der Waals surface area contributed by atoms with Crippen molar-refractivity contribution in [2.45, 2.75) is 62.6 Å². The molecule has 2 bridgehead atoms. The molecule has 4 aliphatic rings. The lowest BCUT2D eigenvalue weighted by Crippen LogP contribution is -2.49. The number of fused-ring (bicyclic) bond motifs is 4. The third-order valence-electron chi connectivity index (χ3n) is 9.87. The van der Waals surface area contributed by atoms with Crippen molar-refractivity contribution in [3.05, 3.63) is 70.3 Å². The van der Waals surface area contributed by atoms with E-state index in [4.69, 9.17) is 21.1 Å². The number of carbonyl (C=O) groups is 1. The Morgan fingerprint density at radius 3 is 2.83 bits per heavy atom. The van der Waals surface area contributed by atoms with Gasteiger partial charge in [0.2, 0.25) is 5.91 Å². The molecule has 2 aliphatic carbocycles. The molecular formula is C33H41ClN2O4. The highest BCUT2D eigenvalue weighted by molar-refractivity contribution is 6.30. The summed E-state index contributed by atoms with van der Waals surface area (Å²) >= 11 is 6.42. The molecule has 0 saturated heterocycles. The van der Waals surface area contributed by atoms with Crippen LogP contribution >= 0.6 is 11.6 Å². The zero-order chi connectivity index (χ0) is 27.9. The fourth-order valence-corrected chi connectivity index (χ4v) is 7.58. The lowest BCUT2D eigenvalue weighted by atomic mass is 9.68. The van der Waals surface area contributed by atoms with Crippen LogP contribution in [0.5, 0.6) is 5.75 Å². The number of halogens is 1. The molecule has 2 aromatic rings. The second-order valence-electron chi connectivity index (χ2n) is 12.3. The number of hydrogen-bond donors (Lipinski definition) is 1. The fraction of sp³-hybridized carbons (Fsp3) is 0.545. The largest absolute Gasteiger partial charge is 0.490 e. The van der Waals surface area contributed by atoms with Gasteiger partial charge in [-0.2, -0.15) is 0 Å². The number of ether oxygens (including phenoxy) is 2. The van der Waals surface area contributed by atoms with Crippen LogP contribution in [0.4, 0.5) is 5.69 Å². The number of hydrogen-bond acceptors (Lipinski definition) is 5. The van der Waals surface area contributed by atoms with Crippen LogP contribution in [-0.4, -0.2) is 62.4 Å². The molecule has 214 valence electrons. The van der Waals surface area contributed by atoms with Crippen LogP contribution in [0.2, 0.25) is 5.02 Å².